The topological polar surface area (TPSA) is 87.7 Å². The lowest BCUT2D eigenvalue weighted by Gasteiger charge is -2.26. The van der Waals surface area contributed by atoms with Crippen LogP contribution < -0.4 is 15.4 Å². The van der Waals surface area contributed by atoms with E-state index in [9.17, 15) is 14.4 Å². The Morgan fingerprint density at radius 3 is 2.40 bits per heavy atom. The highest BCUT2D eigenvalue weighted by molar-refractivity contribution is 6.09. The summed E-state index contributed by atoms with van der Waals surface area (Å²) < 4.78 is 5.16. The van der Waals surface area contributed by atoms with Crippen molar-refractivity contribution in [3.63, 3.8) is 0 Å². The third-order valence-electron chi connectivity index (χ3n) is 5.56. The molecule has 0 saturated carbocycles. The maximum absolute atomic E-state index is 13.2. The summed E-state index contributed by atoms with van der Waals surface area (Å²) >= 11 is 0. The van der Waals surface area contributed by atoms with Crippen molar-refractivity contribution in [2.24, 2.45) is 0 Å². The van der Waals surface area contributed by atoms with Crippen LogP contribution in [0, 0.1) is 0 Å². The van der Waals surface area contributed by atoms with Gasteiger partial charge in [0.05, 0.1) is 7.11 Å². The van der Waals surface area contributed by atoms with Crippen LogP contribution in [0.25, 0.3) is 0 Å². The minimum absolute atomic E-state index is 0.118. The van der Waals surface area contributed by atoms with E-state index in [-0.39, 0.29) is 18.4 Å². The first-order valence-electron chi connectivity index (χ1n) is 10.0. The predicted molar refractivity (Wildman–Crippen MR) is 113 cm³/mol. The van der Waals surface area contributed by atoms with E-state index in [1.165, 1.54) is 0 Å². The summed E-state index contributed by atoms with van der Waals surface area (Å²) in [5, 5.41) is 5.60. The molecule has 0 unspecified atom stereocenters. The largest absolute Gasteiger partial charge is 0.497 e. The molecule has 7 heteroatoms. The zero-order valence-corrected chi connectivity index (χ0v) is 17.5. The van der Waals surface area contributed by atoms with E-state index in [4.69, 9.17) is 4.74 Å². The van der Waals surface area contributed by atoms with Crippen LogP contribution in [0.1, 0.15) is 37.3 Å². The molecule has 0 aliphatic carbocycles. The molecule has 158 valence electrons. The van der Waals surface area contributed by atoms with E-state index >= 15 is 0 Å². The lowest BCUT2D eigenvalue weighted by Crippen LogP contribution is -2.45. The molecule has 7 nitrogen and oxygen atoms in total. The first kappa shape index (κ1) is 21.4. The van der Waals surface area contributed by atoms with Crippen LogP contribution >= 0.6 is 0 Å². The molecule has 1 fully saturated rings. The van der Waals surface area contributed by atoms with Crippen LogP contribution in [0.4, 0.5) is 4.79 Å². The maximum atomic E-state index is 13.2. The van der Waals surface area contributed by atoms with Crippen molar-refractivity contribution in [2.45, 2.75) is 31.7 Å². The van der Waals surface area contributed by atoms with Gasteiger partial charge in [0.1, 0.15) is 17.8 Å². The van der Waals surface area contributed by atoms with Gasteiger partial charge in [-0.05, 0) is 35.6 Å². The van der Waals surface area contributed by atoms with Crippen LogP contribution in [0.2, 0.25) is 0 Å². The smallest absolute Gasteiger partial charge is 0.325 e. The molecular formula is C23H27N3O4. The first-order chi connectivity index (χ1) is 14.4. The van der Waals surface area contributed by atoms with Gasteiger partial charge in [0, 0.05) is 6.54 Å². The number of benzene rings is 2. The number of hydrogen-bond acceptors (Lipinski definition) is 4. The van der Waals surface area contributed by atoms with Crippen LogP contribution in [-0.4, -0.2) is 42.9 Å². The molecule has 0 radical (unpaired) electrons. The lowest BCUT2D eigenvalue weighted by molar-refractivity contribution is -0.135. The van der Waals surface area contributed by atoms with Gasteiger partial charge in [-0.1, -0.05) is 56.3 Å². The summed E-state index contributed by atoms with van der Waals surface area (Å²) in [6, 6.07) is 16.3. The quantitative estimate of drug-likeness (QED) is 0.657. The number of nitrogens with one attached hydrogen (secondary N) is 2. The molecule has 1 aliphatic rings. The zero-order chi connectivity index (χ0) is 21.7. The van der Waals surface area contributed by atoms with Crippen molar-refractivity contribution in [2.75, 3.05) is 20.2 Å². The number of urea groups is 1. The van der Waals surface area contributed by atoms with Crippen molar-refractivity contribution in [3.8, 4) is 5.75 Å². The van der Waals surface area contributed by atoms with Crippen molar-refractivity contribution >= 4 is 17.8 Å². The highest BCUT2D eigenvalue weighted by Crippen LogP contribution is 2.33. The van der Waals surface area contributed by atoms with Gasteiger partial charge < -0.3 is 15.4 Å². The normalized spacial score (nSPS) is 19.4. The molecule has 4 amide bonds. The number of rotatable bonds is 8. The van der Waals surface area contributed by atoms with Gasteiger partial charge in [0.25, 0.3) is 5.91 Å². The minimum atomic E-state index is -1.18. The average Bonchev–Trinajstić information content (AvgIpc) is 3.03. The SMILES string of the molecule is CC[C@]1(c2ccc(OC)cc2)NC(=O)N(CC(=O)NC[C@H](C)c2ccccc2)C1=O. The molecule has 1 aliphatic heterocycles. The molecule has 3 rings (SSSR count). The Labute approximate surface area is 176 Å². The van der Waals surface area contributed by atoms with Crippen LogP contribution in [-0.2, 0) is 15.1 Å². The summed E-state index contributed by atoms with van der Waals surface area (Å²) in [6.07, 6.45) is 0.368. The highest BCUT2D eigenvalue weighted by atomic mass is 16.5. The Hall–Kier alpha value is -3.35. The summed E-state index contributed by atoms with van der Waals surface area (Å²) in [7, 11) is 1.56. The van der Waals surface area contributed by atoms with E-state index in [0.717, 1.165) is 10.5 Å². The number of carbonyl (C=O) groups is 3. The molecule has 2 atom stereocenters. The Kier molecular flexibility index (Phi) is 6.40. The summed E-state index contributed by atoms with van der Waals surface area (Å²) in [5.74, 6) is -0.0211. The molecule has 30 heavy (non-hydrogen) atoms. The van der Waals surface area contributed by atoms with Crippen molar-refractivity contribution in [1.29, 1.82) is 0 Å². The second-order valence-corrected chi connectivity index (χ2v) is 7.42. The number of methoxy groups -OCH3 is 1. The van der Waals surface area contributed by atoms with Gasteiger partial charge in [0.15, 0.2) is 0 Å². The zero-order valence-electron chi connectivity index (χ0n) is 17.5. The fraction of sp³-hybridized carbons (Fsp3) is 0.348. The fourth-order valence-electron chi connectivity index (χ4n) is 3.65. The monoisotopic (exact) mass is 409 g/mol. The van der Waals surface area contributed by atoms with Gasteiger partial charge in [-0.3, -0.25) is 14.5 Å². The molecule has 2 aromatic rings. The Balaban J connectivity index is 1.66. The minimum Gasteiger partial charge on any atom is -0.497 e. The molecule has 0 aromatic heterocycles. The third kappa shape index (κ3) is 4.15. The Morgan fingerprint density at radius 2 is 1.80 bits per heavy atom. The summed E-state index contributed by atoms with van der Waals surface area (Å²) in [4.78, 5) is 39.1. The number of imide groups is 1. The Morgan fingerprint density at radius 1 is 1.13 bits per heavy atom. The van der Waals surface area contributed by atoms with E-state index in [1.807, 2.05) is 44.2 Å². The molecule has 2 N–H and O–H groups in total. The predicted octanol–water partition coefficient (Wildman–Crippen LogP) is 2.77. The molecule has 2 aromatic carbocycles. The van der Waals surface area contributed by atoms with Gasteiger partial charge in [-0.25, -0.2) is 4.79 Å². The van der Waals surface area contributed by atoms with Gasteiger partial charge in [-0.15, -0.1) is 0 Å². The van der Waals surface area contributed by atoms with Crippen molar-refractivity contribution < 1.29 is 19.1 Å². The number of carbonyl (C=O) groups excluding carboxylic acids is 3. The average molecular weight is 409 g/mol. The number of ether oxygens (including phenoxy) is 1. The standard InChI is InChI=1S/C23H27N3O4/c1-4-23(18-10-12-19(30-3)13-11-18)21(28)26(22(29)25-23)15-20(27)24-14-16(2)17-8-6-5-7-9-17/h5-13,16H,4,14-15H2,1-3H3,(H,24,27)(H,25,29)/t16-,23+/m0/s1. The number of hydrogen-bond donors (Lipinski definition) is 2. The summed E-state index contributed by atoms with van der Waals surface area (Å²) in [5.41, 5.74) is 0.586. The maximum Gasteiger partial charge on any atom is 0.325 e. The van der Waals surface area contributed by atoms with Crippen LogP contribution in [0.15, 0.2) is 54.6 Å². The molecule has 1 heterocycles. The second-order valence-electron chi connectivity index (χ2n) is 7.42. The third-order valence-corrected chi connectivity index (χ3v) is 5.56. The fourth-order valence-corrected chi connectivity index (χ4v) is 3.65. The van der Waals surface area contributed by atoms with Gasteiger partial charge >= 0.3 is 6.03 Å². The van der Waals surface area contributed by atoms with E-state index in [1.54, 1.807) is 31.4 Å². The van der Waals surface area contributed by atoms with Crippen molar-refractivity contribution in [3.05, 3.63) is 65.7 Å². The van der Waals surface area contributed by atoms with Gasteiger partial charge in [0.2, 0.25) is 5.91 Å². The van der Waals surface area contributed by atoms with E-state index in [0.29, 0.717) is 24.3 Å². The second kappa shape index (κ2) is 8.98. The molecule has 1 saturated heterocycles. The lowest BCUT2D eigenvalue weighted by atomic mass is 9.87. The summed E-state index contributed by atoms with van der Waals surface area (Å²) in [6.45, 7) is 3.94. The number of nitrogens with zero attached hydrogens (tertiary/aromatic N) is 1. The highest BCUT2D eigenvalue weighted by Gasteiger charge is 2.51. The van der Waals surface area contributed by atoms with Crippen LogP contribution in [0.3, 0.4) is 0 Å². The van der Waals surface area contributed by atoms with E-state index in [2.05, 4.69) is 10.6 Å². The Bertz CT molecular complexity index is 914. The molecule has 0 bridgehead atoms. The first-order valence-corrected chi connectivity index (χ1v) is 10.0. The number of amides is 4. The molecular weight excluding hydrogens is 382 g/mol. The van der Waals surface area contributed by atoms with Crippen LogP contribution in [0.5, 0.6) is 5.75 Å². The van der Waals surface area contributed by atoms with Crippen molar-refractivity contribution in [1.82, 2.24) is 15.5 Å². The van der Waals surface area contributed by atoms with E-state index < -0.39 is 17.5 Å². The van der Waals surface area contributed by atoms with Gasteiger partial charge in [-0.2, -0.15) is 0 Å². The molecule has 0 spiro atoms.